The van der Waals surface area contributed by atoms with Gasteiger partial charge in [-0.1, -0.05) is 26.0 Å². The molecule has 0 spiro atoms. The maximum atomic E-state index is 13.5. The molecular formula is C19H27FN6O. The molecule has 1 aliphatic heterocycles. The van der Waals surface area contributed by atoms with Crippen LogP contribution in [0.2, 0.25) is 0 Å². The lowest BCUT2D eigenvalue weighted by Gasteiger charge is -2.36. The Hall–Kier alpha value is -2.35. The number of likely N-dealkylation sites (tertiary alicyclic amines) is 1. The van der Waals surface area contributed by atoms with E-state index in [0.29, 0.717) is 31.8 Å². The van der Waals surface area contributed by atoms with Gasteiger partial charge in [0.25, 0.3) is 0 Å². The number of hydrogen-bond acceptors (Lipinski definition) is 5. The third kappa shape index (κ3) is 4.68. The fourth-order valence-corrected chi connectivity index (χ4v) is 3.56. The Bertz CT molecular complexity index is 752. The zero-order valence-corrected chi connectivity index (χ0v) is 15.9. The van der Waals surface area contributed by atoms with Gasteiger partial charge in [0.15, 0.2) is 5.82 Å². The second-order valence-corrected chi connectivity index (χ2v) is 7.61. The minimum atomic E-state index is -0.274. The van der Waals surface area contributed by atoms with Gasteiger partial charge in [-0.25, -0.2) is 9.07 Å². The van der Waals surface area contributed by atoms with E-state index < -0.39 is 0 Å². The highest BCUT2D eigenvalue weighted by Crippen LogP contribution is 2.31. The van der Waals surface area contributed by atoms with Crippen molar-refractivity contribution < 1.29 is 9.18 Å². The minimum Gasteiger partial charge on any atom is -0.369 e. The van der Waals surface area contributed by atoms with Crippen LogP contribution in [0.5, 0.6) is 0 Å². The zero-order chi connectivity index (χ0) is 19.4. The summed E-state index contributed by atoms with van der Waals surface area (Å²) in [6, 6.07) is 6.30. The molecule has 3 rings (SSSR count). The standard InChI is InChI=1S/C19H27FN6O/c1-13(2)7-12-26-19(22-23-24-26)17(14-3-5-16(20)6-4-14)25-10-8-15(9-11-25)18(21)27/h3-6,13,15,17H,7-12H2,1-2H3,(H2,21,27)/t17-/m0/s1. The summed E-state index contributed by atoms with van der Waals surface area (Å²) < 4.78 is 15.3. The maximum Gasteiger partial charge on any atom is 0.220 e. The first kappa shape index (κ1) is 19.4. The van der Waals surface area contributed by atoms with Gasteiger partial charge in [0.05, 0.1) is 6.04 Å². The van der Waals surface area contributed by atoms with Crippen LogP contribution in [0.25, 0.3) is 0 Å². The van der Waals surface area contributed by atoms with E-state index in [2.05, 4.69) is 34.3 Å². The number of carbonyl (C=O) groups excluding carboxylic acids is 1. The van der Waals surface area contributed by atoms with Gasteiger partial charge in [0, 0.05) is 12.5 Å². The van der Waals surface area contributed by atoms with E-state index >= 15 is 0 Å². The largest absolute Gasteiger partial charge is 0.369 e. The molecule has 1 saturated heterocycles. The predicted octanol–water partition coefficient (Wildman–Crippen LogP) is 2.14. The molecule has 0 aliphatic carbocycles. The molecule has 1 amide bonds. The topological polar surface area (TPSA) is 89.9 Å². The van der Waals surface area contributed by atoms with Crippen LogP contribution in [0.4, 0.5) is 4.39 Å². The highest BCUT2D eigenvalue weighted by atomic mass is 19.1. The van der Waals surface area contributed by atoms with Crippen molar-refractivity contribution in [3.05, 3.63) is 41.5 Å². The van der Waals surface area contributed by atoms with Crippen LogP contribution in [-0.4, -0.2) is 44.1 Å². The second-order valence-electron chi connectivity index (χ2n) is 7.61. The van der Waals surface area contributed by atoms with Gasteiger partial charge < -0.3 is 5.73 Å². The predicted molar refractivity (Wildman–Crippen MR) is 99.0 cm³/mol. The van der Waals surface area contributed by atoms with Crippen molar-refractivity contribution >= 4 is 5.91 Å². The third-order valence-corrected chi connectivity index (χ3v) is 5.21. The summed E-state index contributed by atoms with van der Waals surface area (Å²) in [6.45, 7) is 6.49. The molecular weight excluding hydrogens is 347 g/mol. The van der Waals surface area contributed by atoms with E-state index in [9.17, 15) is 9.18 Å². The Kier molecular flexibility index (Phi) is 6.15. The van der Waals surface area contributed by atoms with Gasteiger partial charge in [0.1, 0.15) is 5.82 Å². The Morgan fingerprint density at radius 1 is 1.26 bits per heavy atom. The van der Waals surface area contributed by atoms with E-state index in [4.69, 9.17) is 5.73 Å². The van der Waals surface area contributed by atoms with Crippen molar-refractivity contribution in [2.24, 2.45) is 17.6 Å². The van der Waals surface area contributed by atoms with Gasteiger partial charge >= 0.3 is 0 Å². The van der Waals surface area contributed by atoms with E-state index in [1.165, 1.54) is 12.1 Å². The highest BCUT2D eigenvalue weighted by Gasteiger charge is 2.32. The normalized spacial score (nSPS) is 17.3. The average Bonchev–Trinajstić information content (AvgIpc) is 3.10. The number of carbonyl (C=O) groups is 1. The molecule has 2 aromatic rings. The molecule has 1 atom stereocenters. The molecule has 146 valence electrons. The van der Waals surface area contributed by atoms with Crippen molar-refractivity contribution in [1.82, 2.24) is 25.1 Å². The Labute approximate surface area is 158 Å². The number of halogens is 1. The van der Waals surface area contributed by atoms with Crippen molar-refractivity contribution in [3.8, 4) is 0 Å². The average molecular weight is 374 g/mol. The number of aryl methyl sites for hydroxylation is 1. The molecule has 1 aromatic heterocycles. The molecule has 8 heteroatoms. The summed E-state index contributed by atoms with van der Waals surface area (Å²) in [5.74, 6) is 0.684. The molecule has 2 heterocycles. The first-order chi connectivity index (χ1) is 13.0. The molecule has 7 nitrogen and oxygen atoms in total. The van der Waals surface area contributed by atoms with E-state index in [0.717, 1.165) is 24.4 Å². The number of aromatic nitrogens is 4. The number of amides is 1. The summed E-state index contributed by atoms with van der Waals surface area (Å²) in [6.07, 6.45) is 2.39. The summed E-state index contributed by atoms with van der Waals surface area (Å²) >= 11 is 0. The minimum absolute atomic E-state index is 0.0907. The molecule has 2 N–H and O–H groups in total. The van der Waals surface area contributed by atoms with Crippen LogP contribution in [-0.2, 0) is 11.3 Å². The first-order valence-corrected chi connectivity index (χ1v) is 9.50. The lowest BCUT2D eigenvalue weighted by atomic mass is 9.93. The van der Waals surface area contributed by atoms with Gasteiger partial charge in [-0.05, 0) is 66.4 Å². The summed E-state index contributed by atoms with van der Waals surface area (Å²) in [5, 5.41) is 12.4. The van der Waals surface area contributed by atoms with Crippen molar-refractivity contribution in [3.63, 3.8) is 0 Å². The molecule has 0 radical (unpaired) electrons. The van der Waals surface area contributed by atoms with Gasteiger partial charge in [-0.15, -0.1) is 5.10 Å². The summed E-state index contributed by atoms with van der Waals surface area (Å²) in [5.41, 5.74) is 6.41. The van der Waals surface area contributed by atoms with Crippen LogP contribution < -0.4 is 5.73 Å². The third-order valence-electron chi connectivity index (χ3n) is 5.21. The lowest BCUT2D eigenvalue weighted by Crippen LogP contribution is -2.41. The van der Waals surface area contributed by atoms with E-state index in [1.807, 2.05) is 4.68 Å². The van der Waals surface area contributed by atoms with Crippen molar-refractivity contribution in [1.29, 1.82) is 0 Å². The van der Waals surface area contributed by atoms with Gasteiger partial charge in [-0.2, -0.15) is 0 Å². The van der Waals surface area contributed by atoms with Crippen LogP contribution in [0, 0.1) is 17.7 Å². The fraction of sp³-hybridized carbons (Fsp3) is 0.579. The molecule has 1 aliphatic rings. The smallest absolute Gasteiger partial charge is 0.220 e. The monoisotopic (exact) mass is 374 g/mol. The Morgan fingerprint density at radius 2 is 1.93 bits per heavy atom. The first-order valence-electron chi connectivity index (χ1n) is 9.50. The highest BCUT2D eigenvalue weighted by molar-refractivity contribution is 5.76. The Morgan fingerprint density at radius 3 is 2.52 bits per heavy atom. The molecule has 27 heavy (non-hydrogen) atoms. The maximum absolute atomic E-state index is 13.5. The van der Waals surface area contributed by atoms with Crippen LogP contribution in [0.1, 0.15) is 50.5 Å². The summed E-state index contributed by atoms with van der Waals surface area (Å²) in [4.78, 5) is 13.7. The second kappa shape index (κ2) is 8.56. The number of rotatable bonds is 7. The van der Waals surface area contributed by atoms with Crippen molar-refractivity contribution in [2.45, 2.75) is 45.7 Å². The molecule has 1 fully saturated rings. The number of hydrogen-bond donors (Lipinski definition) is 1. The van der Waals surface area contributed by atoms with Crippen LogP contribution in [0.15, 0.2) is 24.3 Å². The number of nitrogens with zero attached hydrogens (tertiary/aromatic N) is 5. The molecule has 0 saturated carbocycles. The van der Waals surface area contributed by atoms with Crippen LogP contribution >= 0.6 is 0 Å². The number of benzene rings is 1. The van der Waals surface area contributed by atoms with Crippen molar-refractivity contribution in [2.75, 3.05) is 13.1 Å². The van der Waals surface area contributed by atoms with E-state index in [1.54, 1.807) is 12.1 Å². The van der Waals surface area contributed by atoms with Gasteiger partial charge in [-0.3, -0.25) is 9.69 Å². The quantitative estimate of drug-likeness (QED) is 0.802. The molecule has 1 aromatic carbocycles. The molecule has 0 unspecified atom stereocenters. The number of piperidine rings is 1. The summed E-state index contributed by atoms with van der Waals surface area (Å²) in [7, 11) is 0. The van der Waals surface area contributed by atoms with Crippen LogP contribution in [0.3, 0.4) is 0 Å². The number of tetrazole rings is 1. The zero-order valence-electron chi connectivity index (χ0n) is 15.9. The van der Waals surface area contributed by atoms with E-state index in [-0.39, 0.29) is 23.7 Å². The number of nitrogens with two attached hydrogens (primary N) is 1. The van der Waals surface area contributed by atoms with Gasteiger partial charge in [0.2, 0.25) is 5.91 Å². The fourth-order valence-electron chi connectivity index (χ4n) is 3.56. The Balaban J connectivity index is 1.89. The lowest BCUT2D eigenvalue weighted by molar-refractivity contribution is -0.123. The SMILES string of the molecule is CC(C)CCn1nnnc1[C@H](c1ccc(F)cc1)N1CCC(C(N)=O)CC1. The number of primary amides is 1. The molecule has 0 bridgehead atoms.